The molecular weight excluding hydrogens is 455 g/mol. The Morgan fingerprint density at radius 3 is 2.34 bits per heavy atom. The molecule has 196 valence electrons. The molecule has 0 bridgehead atoms. The van der Waals surface area contributed by atoms with Gasteiger partial charge in [0.2, 0.25) is 5.91 Å². The lowest BCUT2D eigenvalue weighted by atomic mass is 10.0. The number of nitrogens with one attached hydrogen (secondary N) is 1. The number of carbonyl (C=O) groups is 1. The van der Waals surface area contributed by atoms with Crippen LogP contribution in [-0.2, 0) is 11.0 Å². The number of alkyl halides is 3. The molecule has 9 heteroatoms. The van der Waals surface area contributed by atoms with Crippen LogP contribution in [0.25, 0.3) is 0 Å². The summed E-state index contributed by atoms with van der Waals surface area (Å²) in [6.45, 7) is 12.9. The molecule has 3 saturated heterocycles. The van der Waals surface area contributed by atoms with Crippen molar-refractivity contribution in [3.63, 3.8) is 0 Å². The van der Waals surface area contributed by atoms with Gasteiger partial charge in [-0.2, -0.15) is 13.2 Å². The molecule has 0 aromatic heterocycles. The van der Waals surface area contributed by atoms with Gasteiger partial charge in [-0.15, -0.1) is 0 Å². The largest absolute Gasteiger partial charge is 0.416 e. The summed E-state index contributed by atoms with van der Waals surface area (Å²) in [6, 6.07) is 6.45. The molecule has 0 saturated carbocycles. The first-order valence-corrected chi connectivity index (χ1v) is 13.1. The summed E-state index contributed by atoms with van der Waals surface area (Å²) in [5.41, 5.74) is -0.0686. The third-order valence-electron chi connectivity index (χ3n) is 7.92. The Labute approximate surface area is 207 Å². The lowest BCUT2D eigenvalue weighted by molar-refractivity contribution is -0.137. The number of hydrogen-bond acceptors (Lipinski definition) is 5. The predicted molar refractivity (Wildman–Crippen MR) is 133 cm³/mol. The van der Waals surface area contributed by atoms with Gasteiger partial charge in [-0.1, -0.05) is 13.0 Å². The number of halogens is 3. The fraction of sp³-hybridized carbons (Fsp3) is 0.731. The van der Waals surface area contributed by atoms with Crippen LogP contribution < -0.4 is 10.2 Å². The number of carbonyl (C=O) groups excluding carboxylic acids is 1. The lowest BCUT2D eigenvalue weighted by Crippen LogP contribution is -2.54. The van der Waals surface area contributed by atoms with Gasteiger partial charge in [0.05, 0.1) is 11.6 Å². The smallest absolute Gasteiger partial charge is 0.368 e. The normalized spacial score (nSPS) is 25.6. The Kier molecular flexibility index (Phi) is 8.28. The molecule has 0 radical (unpaired) electrons. The molecule has 1 N–H and O–H groups in total. The van der Waals surface area contributed by atoms with Crippen molar-refractivity contribution in [1.82, 2.24) is 20.0 Å². The minimum Gasteiger partial charge on any atom is -0.368 e. The molecule has 6 nitrogen and oxygen atoms in total. The van der Waals surface area contributed by atoms with Crippen LogP contribution in [0.15, 0.2) is 24.3 Å². The van der Waals surface area contributed by atoms with Crippen molar-refractivity contribution in [1.29, 1.82) is 0 Å². The van der Waals surface area contributed by atoms with Crippen LogP contribution in [0.5, 0.6) is 0 Å². The maximum Gasteiger partial charge on any atom is 0.416 e. The number of likely N-dealkylation sites (tertiary alicyclic amines) is 2. The second kappa shape index (κ2) is 11.0. The Morgan fingerprint density at radius 1 is 1.06 bits per heavy atom. The second-order valence-electron chi connectivity index (χ2n) is 10.5. The minimum absolute atomic E-state index is 0.136. The van der Waals surface area contributed by atoms with E-state index in [4.69, 9.17) is 0 Å². The average Bonchev–Trinajstić information content (AvgIpc) is 3.28. The second-order valence-corrected chi connectivity index (χ2v) is 10.5. The molecular formula is C26H40F3N5O. The lowest BCUT2D eigenvalue weighted by Gasteiger charge is -2.39. The fourth-order valence-electron chi connectivity index (χ4n) is 5.82. The van der Waals surface area contributed by atoms with E-state index < -0.39 is 11.7 Å². The Morgan fingerprint density at radius 2 is 1.74 bits per heavy atom. The first kappa shape index (κ1) is 26.2. The standard InChI is InChI=1S/C26H40F3N5O/c1-4-31-10-8-21(9-11-31)30-22-17-24(34(18-22)19(2)3)25(35)33-14-12-32(13-15-33)23-7-5-6-20(16-23)26(27,28)29/h5-7,16,19,21-22,24,30H,4,8-15,17-18H2,1-3H3/t22-,24-/m0/s1. The first-order chi connectivity index (χ1) is 16.7. The summed E-state index contributed by atoms with van der Waals surface area (Å²) in [5, 5.41) is 3.84. The highest BCUT2D eigenvalue weighted by atomic mass is 19.4. The minimum atomic E-state index is -4.35. The molecule has 0 aliphatic carbocycles. The number of anilines is 1. The van der Waals surface area contributed by atoms with Crippen LogP contribution in [0.3, 0.4) is 0 Å². The summed E-state index contributed by atoms with van der Waals surface area (Å²) >= 11 is 0. The summed E-state index contributed by atoms with van der Waals surface area (Å²) in [5.74, 6) is 0.160. The molecule has 2 atom stereocenters. The zero-order valence-electron chi connectivity index (χ0n) is 21.2. The quantitative estimate of drug-likeness (QED) is 0.656. The zero-order valence-corrected chi connectivity index (χ0v) is 21.2. The highest BCUT2D eigenvalue weighted by molar-refractivity contribution is 5.82. The van der Waals surface area contributed by atoms with Crippen molar-refractivity contribution in [2.45, 2.75) is 70.4 Å². The molecule has 35 heavy (non-hydrogen) atoms. The van der Waals surface area contributed by atoms with Crippen LogP contribution in [0.2, 0.25) is 0 Å². The third kappa shape index (κ3) is 6.30. The Bertz CT molecular complexity index is 848. The van der Waals surface area contributed by atoms with Gasteiger partial charge in [-0.25, -0.2) is 0 Å². The molecule has 3 fully saturated rings. The van der Waals surface area contributed by atoms with E-state index in [9.17, 15) is 18.0 Å². The summed E-state index contributed by atoms with van der Waals surface area (Å²) in [7, 11) is 0. The van der Waals surface area contributed by atoms with Crippen LogP contribution in [0.4, 0.5) is 18.9 Å². The molecule has 0 unspecified atom stereocenters. The molecule has 4 rings (SSSR count). The molecule has 1 amide bonds. The van der Waals surface area contributed by atoms with Gasteiger partial charge in [0, 0.05) is 56.5 Å². The monoisotopic (exact) mass is 495 g/mol. The van der Waals surface area contributed by atoms with Crippen LogP contribution in [-0.4, -0.2) is 97.1 Å². The number of piperazine rings is 1. The number of benzene rings is 1. The third-order valence-corrected chi connectivity index (χ3v) is 7.92. The number of rotatable bonds is 6. The van der Waals surface area contributed by atoms with Gasteiger partial charge in [0.15, 0.2) is 0 Å². The first-order valence-electron chi connectivity index (χ1n) is 13.1. The fourth-order valence-corrected chi connectivity index (χ4v) is 5.82. The highest BCUT2D eigenvalue weighted by Crippen LogP contribution is 2.32. The summed E-state index contributed by atoms with van der Waals surface area (Å²) in [4.78, 5) is 22.2. The number of piperidine rings is 1. The van der Waals surface area contributed by atoms with E-state index in [1.165, 1.54) is 12.1 Å². The van der Waals surface area contributed by atoms with Gasteiger partial charge < -0.3 is 20.0 Å². The van der Waals surface area contributed by atoms with Gasteiger partial charge in [0.25, 0.3) is 0 Å². The van der Waals surface area contributed by atoms with E-state index in [0.29, 0.717) is 44.0 Å². The van der Waals surface area contributed by atoms with Crippen molar-refractivity contribution in [2.24, 2.45) is 0 Å². The number of nitrogens with zero attached hydrogens (tertiary/aromatic N) is 4. The van der Waals surface area contributed by atoms with E-state index in [1.54, 1.807) is 6.07 Å². The van der Waals surface area contributed by atoms with Crippen LogP contribution in [0, 0.1) is 0 Å². The molecule has 1 aromatic rings. The Balaban J connectivity index is 1.33. The topological polar surface area (TPSA) is 42.1 Å². The summed E-state index contributed by atoms with van der Waals surface area (Å²) < 4.78 is 39.3. The average molecular weight is 496 g/mol. The van der Waals surface area contributed by atoms with Crippen molar-refractivity contribution in [2.75, 3.05) is 57.3 Å². The van der Waals surface area contributed by atoms with E-state index >= 15 is 0 Å². The SMILES string of the molecule is CCN1CCC(N[C@H]2C[C@@H](C(=O)N3CCN(c4cccc(C(F)(F)F)c4)CC3)N(C(C)C)C2)CC1. The van der Waals surface area contributed by atoms with E-state index in [1.807, 2.05) is 9.80 Å². The van der Waals surface area contributed by atoms with E-state index in [2.05, 4.69) is 35.9 Å². The van der Waals surface area contributed by atoms with E-state index in [0.717, 1.165) is 51.5 Å². The van der Waals surface area contributed by atoms with Crippen LogP contribution in [0.1, 0.15) is 45.6 Å². The van der Waals surface area contributed by atoms with Crippen molar-refractivity contribution < 1.29 is 18.0 Å². The predicted octanol–water partition coefficient (Wildman–Crippen LogP) is 3.28. The Hall–Kier alpha value is -1.84. The van der Waals surface area contributed by atoms with Gasteiger partial charge >= 0.3 is 6.18 Å². The van der Waals surface area contributed by atoms with Crippen molar-refractivity contribution in [3.8, 4) is 0 Å². The van der Waals surface area contributed by atoms with Crippen LogP contribution >= 0.6 is 0 Å². The zero-order chi connectivity index (χ0) is 25.2. The van der Waals surface area contributed by atoms with Gasteiger partial charge in [-0.3, -0.25) is 9.69 Å². The van der Waals surface area contributed by atoms with Gasteiger partial charge in [-0.05, 0) is 70.9 Å². The highest BCUT2D eigenvalue weighted by Gasteiger charge is 2.41. The maximum absolute atomic E-state index is 13.5. The number of hydrogen-bond donors (Lipinski definition) is 1. The van der Waals surface area contributed by atoms with Gasteiger partial charge in [0.1, 0.15) is 0 Å². The maximum atomic E-state index is 13.5. The van der Waals surface area contributed by atoms with Crippen molar-refractivity contribution in [3.05, 3.63) is 29.8 Å². The molecule has 3 aliphatic heterocycles. The number of amides is 1. The molecule has 0 spiro atoms. The molecule has 1 aromatic carbocycles. The summed E-state index contributed by atoms with van der Waals surface area (Å²) in [6.07, 6.45) is -1.22. The van der Waals surface area contributed by atoms with Crippen molar-refractivity contribution >= 4 is 11.6 Å². The van der Waals surface area contributed by atoms with E-state index in [-0.39, 0.29) is 18.0 Å². The molecule has 3 heterocycles. The molecule has 3 aliphatic rings.